The average molecular weight is 435 g/mol. The van der Waals surface area contributed by atoms with Gasteiger partial charge in [-0.25, -0.2) is 14.2 Å². The Kier molecular flexibility index (Phi) is 4.90. The molecular weight excluding hydrogens is 413 g/mol. The lowest BCUT2D eigenvalue weighted by Gasteiger charge is -2.40. The number of hydrogen-bond acceptors (Lipinski definition) is 6. The largest absolute Gasteiger partial charge is 0.396 e. The van der Waals surface area contributed by atoms with E-state index in [1.165, 1.54) is 11.0 Å². The van der Waals surface area contributed by atoms with Gasteiger partial charge in [0.05, 0.1) is 11.4 Å². The second kappa shape index (κ2) is 7.76. The number of amides is 3. The molecule has 0 aromatic heterocycles. The van der Waals surface area contributed by atoms with E-state index in [0.29, 0.717) is 23.8 Å². The van der Waals surface area contributed by atoms with Crippen LogP contribution in [0.1, 0.15) is 12.0 Å². The van der Waals surface area contributed by atoms with Crippen molar-refractivity contribution in [2.24, 2.45) is 4.99 Å². The fourth-order valence-corrected chi connectivity index (χ4v) is 4.35. The third kappa shape index (κ3) is 2.96. The molecule has 0 saturated carbocycles. The molecule has 1 saturated heterocycles. The third-order valence-corrected chi connectivity index (χ3v) is 5.91. The van der Waals surface area contributed by atoms with E-state index in [4.69, 9.17) is 4.99 Å². The topological polar surface area (TPSA) is 79.7 Å². The van der Waals surface area contributed by atoms with Crippen LogP contribution in [0.4, 0.5) is 14.9 Å². The summed E-state index contributed by atoms with van der Waals surface area (Å²) in [6.45, 7) is -0.00334. The highest BCUT2D eigenvalue weighted by Gasteiger charge is 2.54. The van der Waals surface area contributed by atoms with Gasteiger partial charge in [-0.05, 0) is 18.6 Å². The number of benzene rings is 2. The van der Waals surface area contributed by atoms with Crippen LogP contribution in [-0.2, 0) is 4.79 Å². The van der Waals surface area contributed by atoms with Crippen LogP contribution >= 0.6 is 0 Å². The van der Waals surface area contributed by atoms with Crippen molar-refractivity contribution in [3.05, 3.63) is 72.2 Å². The van der Waals surface area contributed by atoms with Gasteiger partial charge < -0.3 is 10.0 Å². The van der Waals surface area contributed by atoms with Crippen molar-refractivity contribution in [3.8, 4) is 0 Å². The van der Waals surface area contributed by atoms with Gasteiger partial charge in [-0.2, -0.15) is 0 Å². The lowest BCUT2D eigenvalue weighted by atomic mass is 10.1. The number of halogens is 1. The van der Waals surface area contributed by atoms with Crippen LogP contribution in [0.25, 0.3) is 5.70 Å². The molecular formula is C23H22FN5O3. The van der Waals surface area contributed by atoms with E-state index in [0.717, 1.165) is 10.5 Å². The Morgan fingerprint density at radius 2 is 1.78 bits per heavy atom. The van der Waals surface area contributed by atoms with Gasteiger partial charge in [0, 0.05) is 32.0 Å². The SMILES string of the molecule is CN1C(=O)N(CCCO)C(=O)C2C1N=C1N(c3ccccc3F)C(c3ccccc3)=CN12. The van der Waals surface area contributed by atoms with Crippen molar-refractivity contribution < 1.29 is 19.1 Å². The van der Waals surface area contributed by atoms with Gasteiger partial charge in [0.2, 0.25) is 5.96 Å². The van der Waals surface area contributed by atoms with Crippen molar-refractivity contribution in [2.45, 2.75) is 18.6 Å². The standard InChI is InChI=1S/C23H22FN5O3/c1-26-20-19(21(31)27(23(26)32)12-7-13-30)28-14-18(15-8-3-2-4-9-15)29(22(28)25-20)17-11-6-5-10-16(17)24/h2-6,8-11,14,19-20,30H,7,12-13H2,1H3. The lowest BCUT2D eigenvalue weighted by Crippen LogP contribution is -2.64. The van der Waals surface area contributed by atoms with Gasteiger partial charge in [0.15, 0.2) is 12.2 Å². The number of fused-ring (bicyclic) bond motifs is 3. The van der Waals surface area contributed by atoms with Crippen molar-refractivity contribution in [2.75, 3.05) is 25.1 Å². The molecule has 3 amide bonds. The molecule has 164 valence electrons. The Balaban J connectivity index is 1.61. The minimum absolute atomic E-state index is 0.122. The molecule has 2 unspecified atom stereocenters. The van der Waals surface area contributed by atoms with E-state index in [2.05, 4.69) is 0 Å². The monoisotopic (exact) mass is 435 g/mol. The average Bonchev–Trinajstić information content (AvgIpc) is 3.35. The first-order valence-corrected chi connectivity index (χ1v) is 10.4. The van der Waals surface area contributed by atoms with Crippen LogP contribution in [0, 0.1) is 5.82 Å². The number of para-hydroxylation sites is 1. The van der Waals surface area contributed by atoms with Gasteiger partial charge in [-0.3, -0.25) is 19.5 Å². The van der Waals surface area contributed by atoms with Crippen molar-refractivity contribution in [3.63, 3.8) is 0 Å². The number of carbonyl (C=O) groups excluding carboxylic acids is 2. The van der Waals surface area contributed by atoms with E-state index in [1.54, 1.807) is 41.2 Å². The number of guanidine groups is 1. The zero-order valence-corrected chi connectivity index (χ0v) is 17.4. The molecule has 2 atom stereocenters. The molecule has 1 fully saturated rings. The minimum Gasteiger partial charge on any atom is -0.396 e. The van der Waals surface area contributed by atoms with Gasteiger partial charge >= 0.3 is 6.03 Å². The van der Waals surface area contributed by atoms with Crippen LogP contribution in [-0.4, -0.2) is 70.1 Å². The number of hydrogen-bond donors (Lipinski definition) is 1. The van der Waals surface area contributed by atoms with Crippen molar-refractivity contribution >= 4 is 29.3 Å². The molecule has 0 spiro atoms. The smallest absolute Gasteiger partial charge is 0.328 e. The summed E-state index contributed by atoms with van der Waals surface area (Å²) in [5.41, 5.74) is 1.83. The Morgan fingerprint density at radius 1 is 1.06 bits per heavy atom. The van der Waals surface area contributed by atoms with Crippen LogP contribution in [0.5, 0.6) is 0 Å². The minimum atomic E-state index is -0.762. The fourth-order valence-electron chi connectivity index (χ4n) is 4.35. The van der Waals surface area contributed by atoms with Crippen LogP contribution in [0.3, 0.4) is 0 Å². The molecule has 2 aromatic carbocycles. The maximum atomic E-state index is 14.9. The summed E-state index contributed by atoms with van der Waals surface area (Å²) in [5, 5.41) is 9.17. The second-order valence-corrected chi connectivity index (χ2v) is 7.82. The molecule has 5 rings (SSSR count). The number of aliphatic hydroxyl groups excluding tert-OH is 1. The number of anilines is 1. The zero-order chi connectivity index (χ0) is 22.4. The molecule has 0 radical (unpaired) electrons. The number of likely N-dealkylation sites (N-methyl/N-ethyl adjacent to an activating group) is 1. The maximum absolute atomic E-state index is 14.9. The first-order chi connectivity index (χ1) is 15.5. The van der Waals surface area contributed by atoms with E-state index in [-0.39, 0.29) is 19.1 Å². The van der Waals surface area contributed by atoms with Gasteiger partial charge in [-0.15, -0.1) is 0 Å². The number of carbonyl (C=O) groups is 2. The fraction of sp³-hybridized carbons (Fsp3) is 0.261. The number of aliphatic hydroxyl groups is 1. The first-order valence-electron chi connectivity index (χ1n) is 10.4. The number of rotatable bonds is 5. The van der Waals surface area contributed by atoms with E-state index in [1.807, 2.05) is 30.3 Å². The Labute approximate surface area is 184 Å². The van der Waals surface area contributed by atoms with Gasteiger partial charge in [0.1, 0.15) is 5.82 Å². The Hall–Kier alpha value is -3.72. The third-order valence-electron chi connectivity index (χ3n) is 5.91. The second-order valence-electron chi connectivity index (χ2n) is 7.82. The molecule has 9 heteroatoms. The van der Waals surface area contributed by atoms with Gasteiger partial charge in [-0.1, -0.05) is 42.5 Å². The highest BCUT2D eigenvalue weighted by Crippen LogP contribution is 2.40. The van der Waals surface area contributed by atoms with Crippen molar-refractivity contribution in [1.82, 2.24) is 14.7 Å². The number of imide groups is 1. The van der Waals surface area contributed by atoms with E-state index in [9.17, 15) is 19.1 Å². The van der Waals surface area contributed by atoms with Crippen LogP contribution in [0.2, 0.25) is 0 Å². The molecule has 3 heterocycles. The summed E-state index contributed by atoms with van der Waals surface area (Å²) in [5.74, 6) is -0.417. The highest BCUT2D eigenvalue weighted by molar-refractivity contribution is 6.16. The van der Waals surface area contributed by atoms with Crippen LogP contribution < -0.4 is 4.90 Å². The van der Waals surface area contributed by atoms with Gasteiger partial charge in [0.25, 0.3) is 5.91 Å². The number of nitrogens with zero attached hydrogens (tertiary/aromatic N) is 5. The summed E-state index contributed by atoms with van der Waals surface area (Å²) in [4.78, 5) is 36.8. The number of aliphatic imine (C=N–C) groups is 1. The molecule has 1 N–H and O–H groups in total. The van der Waals surface area contributed by atoms with Crippen LogP contribution in [0.15, 0.2) is 65.8 Å². The molecule has 8 nitrogen and oxygen atoms in total. The molecule has 0 bridgehead atoms. The summed E-state index contributed by atoms with van der Waals surface area (Å²) < 4.78 is 14.9. The summed E-state index contributed by atoms with van der Waals surface area (Å²) >= 11 is 0. The summed E-state index contributed by atoms with van der Waals surface area (Å²) in [6, 6.07) is 14.7. The van der Waals surface area contributed by atoms with E-state index >= 15 is 0 Å². The molecule has 3 aliphatic heterocycles. The normalized spacial score (nSPS) is 22.2. The molecule has 3 aliphatic rings. The zero-order valence-electron chi connectivity index (χ0n) is 17.4. The Morgan fingerprint density at radius 3 is 2.50 bits per heavy atom. The molecule has 0 aliphatic carbocycles. The number of urea groups is 1. The molecule has 32 heavy (non-hydrogen) atoms. The predicted octanol–water partition coefficient (Wildman–Crippen LogP) is 2.29. The van der Waals surface area contributed by atoms with E-state index < -0.39 is 24.1 Å². The lowest BCUT2D eigenvalue weighted by molar-refractivity contribution is -0.136. The quantitative estimate of drug-likeness (QED) is 0.780. The predicted molar refractivity (Wildman–Crippen MR) is 117 cm³/mol. The molecule has 2 aromatic rings. The highest BCUT2D eigenvalue weighted by atomic mass is 19.1. The summed E-state index contributed by atoms with van der Waals surface area (Å²) in [7, 11) is 1.60. The summed E-state index contributed by atoms with van der Waals surface area (Å²) in [6.07, 6.45) is 1.36. The Bertz CT molecular complexity index is 1140. The maximum Gasteiger partial charge on any atom is 0.328 e. The van der Waals surface area contributed by atoms with Crippen molar-refractivity contribution in [1.29, 1.82) is 0 Å². The first kappa shape index (κ1) is 20.2.